The van der Waals surface area contributed by atoms with Gasteiger partial charge >= 0.3 is 5.97 Å². The number of rotatable bonds is 8. The van der Waals surface area contributed by atoms with E-state index in [1.165, 1.54) is 6.07 Å². The Balaban J connectivity index is 1.65. The first-order valence-electron chi connectivity index (χ1n) is 10.7. The molecule has 6 heteroatoms. The van der Waals surface area contributed by atoms with Gasteiger partial charge in [-0.25, -0.2) is 4.79 Å². The number of carbonyl (C=O) groups is 2. The number of phenolic OH excluding ortho intramolecular Hbond substituents is 1. The Bertz CT molecular complexity index is 1100. The van der Waals surface area contributed by atoms with Gasteiger partial charge in [-0.2, -0.15) is 0 Å². The summed E-state index contributed by atoms with van der Waals surface area (Å²) in [6, 6.07) is 18.2. The lowest BCUT2D eigenvalue weighted by molar-refractivity contribution is -0.158. The summed E-state index contributed by atoms with van der Waals surface area (Å²) in [5.74, 6) is -0.189. The van der Waals surface area contributed by atoms with Gasteiger partial charge in [-0.15, -0.1) is 0 Å². The Morgan fingerprint density at radius 3 is 2.41 bits per heavy atom. The molecule has 0 fully saturated rings. The third kappa shape index (κ3) is 5.19. The van der Waals surface area contributed by atoms with Crippen LogP contribution in [0.15, 0.2) is 60.7 Å². The van der Waals surface area contributed by atoms with E-state index < -0.39 is 11.6 Å². The molecule has 6 nitrogen and oxygen atoms in total. The maximum atomic E-state index is 12.8. The fourth-order valence-corrected chi connectivity index (χ4v) is 3.46. The third-order valence-corrected chi connectivity index (χ3v) is 5.29. The molecule has 32 heavy (non-hydrogen) atoms. The maximum Gasteiger partial charge on any atom is 0.349 e. The quantitative estimate of drug-likeness (QED) is 0.497. The van der Waals surface area contributed by atoms with E-state index in [1.807, 2.05) is 43.3 Å². The normalized spacial score (nSPS) is 12.2. The van der Waals surface area contributed by atoms with Crippen molar-refractivity contribution in [2.45, 2.75) is 39.2 Å². The van der Waals surface area contributed by atoms with Crippen LogP contribution >= 0.6 is 0 Å². The molecular weight excluding hydrogens is 406 g/mol. The zero-order valence-corrected chi connectivity index (χ0v) is 18.8. The second-order valence-electron chi connectivity index (χ2n) is 8.19. The standard InChI is InChI=1S/C26H29NO5/c1-5-31-25(30)26(3,4)32-20-13-10-18(11-14-20)17(2)16-27-24(29)23-21-9-7-6-8-19(21)12-15-22(23)28/h6-15,17,28H,5,16H2,1-4H3,(H,27,29). The smallest absolute Gasteiger partial charge is 0.349 e. The highest BCUT2D eigenvalue weighted by atomic mass is 16.6. The minimum atomic E-state index is -1.09. The second kappa shape index (κ2) is 9.73. The van der Waals surface area contributed by atoms with Crippen molar-refractivity contribution in [2.75, 3.05) is 13.2 Å². The molecule has 3 aromatic carbocycles. The molecule has 0 bridgehead atoms. The van der Waals surface area contributed by atoms with Gasteiger partial charge in [-0.1, -0.05) is 49.4 Å². The van der Waals surface area contributed by atoms with E-state index in [1.54, 1.807) is 39.0 Å². The highest BCUT2D eigenvalue weighted by molar-refractivity contribution is 6.09. The third-order valence-electron chi connectivity index (χ3n) is 5.29. The van der Waals surface area contributed by atoms with Crippen LogP contribution in [0.25, 0.3) is 10.8 Å². The van der Waals surface area contributed by atoms with E-state index in [0.29, 0.717) is 24.3 Å². The summed E-state index contributed by atoms with van der Waals surface area (Å²) in [4.78, 5) is 24.8. The Hall–Kier alpha value is -3.54. The summed E-state index contributed by atoms with van der Waals surface area (Å²) < 4.78 is 10.8. The first kappa shape index (κ1) is 23.1. The number of benzene rings is 3. The number of phenols is 1. The molecule has 1 atom stereocenters. The van der Waals surface area contributed by atoms with E-state index in [0.717, 1.165) is 10.9 Å². The molecule has 0 saturated heterocycles. The topological polar surface area (TPSA) is 84.9 Å². The number of nitrogens with one attached hydrogen (secondary N) is 1. The van der Waals surface area contributed by atoms with Gasteiger partial charge in [0.25, 0.3) is 5.91 Å². The average Bonchev–Trinajstić information content (AvgIpc) is 2.77. The van der Waals surface area contributed by atoms with E-state index in [4.69, 9.17) is 9.47 Å². The van der Waals surface area contributed by atoms with Gasteiger partial charge in [-0.3, -0.25) is 4.79 Å². The summed E-state index contributed by atoms with van der Waals surface area (Å²) in [7, 11) is 0. The number of aromatic hydroxyl groups is 1. The van der Waals surface area contributed by atoms with Crippen molar-refractivity contribution in [2.24, 2.45) is 0 Å². The Kier molecular flexibility index (Phi) is 7.03. The lowest BCUT2D eigenvalue weighted by Crippen LogP contribution is -2.39. The Morgan fingerprint density at radius 2 is 1.72 bits per heavy atom. The van der Waals surface area contributed by atoms with Crippen molar-refractivity contribution < 1.29 is 24.2 Å². The van der Waals surface area contributed by atoms with Crippen molar-refractivity contribution in [3.8, 4) is 11.5 Å². The molecule has 0 aliphatic carbocycles. The number of esters is 1. The number of fused-ring (bicyclic) bond motifs is 1. The van der Waals surface area contributed by atoms with Gasteiger partial charge in [0.15, 0.2) is 5.60 Å². The van der Waals surface area contributed by atoms with Crippen LogP contribution in [0.3, 0.4) is 0 Å². The first-order valence-corrected chi connectivity index (χ1v) is 10.7. The predicted octanol–water partition coefficient (Wildman–Crippen LogP) is 4.80. The van der Waals surface area contributed by atoms with Crippen LogP contribution in [0.4, 0.5) is 0 Å². The van der Waals surface area contributed by atoms with Crippen molar-refractivity contribution in [3.63, 3.8) is 0 Å². The van der Waals surface area contributed by atoms with Gasteiger partial charge in [0.05, 0.1) is 12.2 Å². The monoisotopic (exact) mass is 435 g/mol. The van der Waals surface area contributed by atoms with Crippen LogP contribution < -0.4 is 10.1 Å². The van der Waals surface area contributed by atoms with E-state index in [2.05, 4.69) is 5.32 Å². The summed E-state index contributed by atoms with van der Waals surface area (Å²) in [5.41, 5.74) is 0.200. The van der Waals surface area contributed by atoms with E-state index in [-0.39, 0.29) is 23.1 Å². The zero-order valence-electron chi connectivity index (χ0n) is 18.8. The molecule has 0 aliphatic heterocycles. The highest BCUT2D eigenvalue weighted by Gasteiger charge is 2.31. The van der Waals surface area contributed by atoms with Gasteiger partial charge in [0.1, 0.15) is 11.5 Å². The molecule has 3 aromatic rings. The van der Waals surface area contributed by atoms with Gasteiger partial charge in [0.2, 0.25) is 0 Å². The largest absolute Gasteiger partial charge is 0.507 e. The highest BCUT2D eigenvalue weighted by Crippen LogP contribution is 2.27. The second-order valence-corrected chi connectivity index (χ2v) is 8.19. The lowest BCUT2D eigenvalue weighted by atomic mass is 10.00. The van der Waals surface area contributed by atoms with Gasteiger partial charge in [0, 0.05) is 6.54 Å². The number of carbonyl (C=O) groups excluding carboxylic acids is 2. The summed E-state index contributed by atoms with van der Waals surface area (Å²) in [6.07, 6.45) is 0. The van der Waals surface area contributed by atoms with Gasteiger partial charge in [-0.05, 0) is 61.2 Å². The fraction of sp³-hybridized carbons (Fsp3) is 0.308. The Morgan fingerprint density at radius 1 is 1.03 bits per heavy atom. The minimum absolute atomic E-state index is 0.0307. The lowest BCUT2D eigenvalue weighted by Gasteiger charge is -2.24. The maximum absolute atomic E-state index is 12.8. The SMILES string of the molecule is CCOC(=O)C(C)(C)Oc1ccc(C(C)CNC(=O)c2c(O)ccc3ccccc23)cc1. The molecule has 168 valence electrons. The van der Waals surface area contributed by atoms with E-state index in [9.17, 15) is 14.7 Å². The predicted molar refractivity (Wildman–Crippen MR) is 124 cm³/mol. The molecule has 0 aliphatic rings. The van der Waals surface area contributed by atoms with Crippen LogP contribution in [0.2, 0.25) is 0 Å². The molecule has 2 N–H and O–H groups in total. The molecule has 0 spiro atoms. The molecule has 0 aromatic heterocycles. The van der Waals surface area contributed by atoms with Crippen LogP contribution in [-0.4, -0.2) is 35.7 Å². The van der Waals surface area contributed by atoms with Crippen molar-refractivity contribution in [3.05, 3.63) is 71.8 Å². The summed E-state index contributed by atoms with van der Waals surface area (Å²) in [6.45, 7) is 7.78. The van der Waals surface area contributed by atoms with Crippen molar-refractivity contribution >= 4 is 22.6 Å². The number of hydrogen-bond donors (Lipinski definition) is 2. The zero-order chi connectivity index (χ0) is 23.3. The molecule has 1 unspecified atom stereocenters. The average molecular weight is 436 g/mol. The van der Waals surface area contributed by atoms with Crippen LogP contribution in [-0.2, 0) is 9.53 Å². The number of amides is 1. The molecule has 0 saturated carbocycles. The molecule has 0 heterocycles. The first-order chi connectivity index (χ1) is 15.2. The van der Waals surface area contributed by atoms with Crippen molar-refractivity contribution in [1.82, 2.24) is 5.32 Å². The van der Waals surface area contributed by atoms with Crippen molar-refractivity contribution in [1.29, 1.82) is 0 Å². The van der Waals surface area contributed by atoms with Crippen LogP contribution in [0, 0.1) is 0 Å². The summed E-state index contributed by atoms with van der Waals surface area (Å²) >= 11 is 0. The molecule has 0 radical (unpaired) electrons. The van der Waals surface area contributed by atoms with Crippen LogP contribution in [0.1, 0.15) is 49.5 Å². The number of hydrogen-bond acceptors (Lipinski definition) is 5. The van der Waals surface area contributed by atoms with Crippen LogP contribution in [0.5, 0.6) is 11.5 Å². The molecule has 3 rings (SSSR count). The Labute approximate surface area is 188 Å². The van der Waals surface area contributed by atoms with E-state index >= 15 is 0 Å². The number of ether oxygens (including phenoxy) is 2. The van der Waals surface area contributed by atoms with Gasteiger partial charge < -0.3 is 19.9 Å². The molecule has 1 amide bonds. The molecular formula is C26H29NO5. The summed E-state index contributed by atoms with van der Waals surface area (Å²) in [5, 5.41) is 14.8. The minimum Gasteiger partial charge on any atom is -0.507 e. The fourth-order valence-electron chi connectivity index (χ4n) is 3.46.